The molecule has 0 aromatic carbocycles. The average Bonchev–Trinajstić information content (AvgIpc) is 2.93. The van der Waals surface area contributed by atoms with E-state index in [1.54, 1.807) is 12.4 Å². The minimum Gasteiger partial charge on any atom is -0.361 e. The van der Waals surface area contributed by atoms with Crippen LogP contribution in [0.1, 0.15) is 28.6 Å². The Morgan fingerprint density at radius 3 is 2.84 bits per heavy atom. The molecule has 3 rings (SSSR count). The molecule has 6 nitrogen and oxygen atoms in total. The zero-order chi connectivity index (χ0) is 13.4. The topological polar surface area (TPSA) is 70.9 Å². The second kappa shape index (κ2) is 4.52. The third kappa shape index (κ3) is 2.13. The van der Waals surface area contributed by atoms with Gasteiger partial charge < -0.3 is 4.52 Å². The number of nitrogens with zero attached hydrogens (tertiary/aromatic N) is 5. The number of nitriles is 1. The number of hydrogen-bond acceptors (Lipinski definition) is 5. The average molecular weight is 257 g/mol. The van der Waals surface area contributed by atoms with Crippen molar-refractivity contribution in [1.29, 1.82) is 5.26 Å². The Balaban J connectivity index is 1.60. The van der Waals surface area contributed by atoms with Gasteiger partial charge in [-0.2, -0.15) is 10.4 Å². The predicted molar refractivity (Wildman–Crippen MR) is 67.2 cm³/mol. The van der Waals surface area contributed by atoms with Crippen LogP contribution in [0.15, 0.2) is 16.9 Å². The lowest BCUT2D eigenvalue weighted by atomic mass is 10.1. The second-order valence-corrected chi connectivity index (χ2v) is 4.97. The van der Waals surface area contributed by atoms with Gasteiger partial charge in [0.2, 0.25) is 0 Å². The fraction of sp³-hybridized carbons (Fsp3) is 0.462. The highest BCUT2D eigenvalue weighted by Crippen LogP contribution is 2.25. The molecule has 0 aliphatic carbocycles. The summed E-state index contributed by atoms with van der Waals surface area (Å²) in [6.45, 7) is 6.66. The van der Waals surface area contributed by atoms with E-state index in [4.69, 9.17) is 9.78 Å². The minimum absolute atomic E-state index is 0.363. The first-order valence-electron chi connectivity index (χ1n) is 6.25. The van der Waals surface area contributed by atoms with E-state index in [1.165, 1.54) is 5.56 Å². The number of aromatic nitrogens is 3. The largest absolute Gasteiger partial charge is 0.361 e. The van der Waals surface area contributed by atoms with Gasteiger partial charge in [0.05, 0.1) is 23.5 Å². The van der Waals surface area contributed by atoms with Crippen LogP contribution in [0.2, 0.25) is 0 Å². The molecule has 1 fully saturated rings. The van der Waals surface area contributed by atoms with E-state index in [2.05, 4.69) is 21.2 Å². The van der Waals surface area contributed by atoms with Crippen LogP contribution in [0.4, 0.5) is 0 Å². The summed E-state index contributed by atoms with van der Waals surface area (Å²) in [5, 5.41) is 17.0. The van der Waals surface area contributed by atoms with Crippen LogP contribution in [0.5, 0.6) is 0 Å². The monoisotopic (exact) mass is 257 g/mol. The molecule has 0 saturated carbocycles. The molecule has 0 radical (unpaired) electrons. The van der Waals surface area contributed by atoms with Crippen molar-refractivity contribution in [3.63, 3.8) is 0 Å². The Morgan fingerprint density at radius 2 is 2.26 bits per heavy atom. The van der Waals surface area contributed by atoms with E-state index in [0.29, 0.717) is 11.6 Å². The normalized spacial score (nSPS) is 16.3. The maximum absolute atomic E-state index is 8.78. The number of aryl methyl sites for hydroxylation is 2. The Hall–Kier alpha value is -2.13. The van der Waals surface area contributed by atoms with E-state index in [1.807, 2.05) is 18.5 Å². The summed E-state index contributed by atoms with van der Waals surface area (Å²) in [5.74, 6) is 0.895. The SMILES string of the molecule is Cc1noc(C)c1CN1CC(n2cc(C#N)cn2)C1. The van der Waals surface area contributed by atoms with Crippen molar-refractivity contribution in [2.24, 2.45) is 0 Å². The first kappa shape index (κ1) is 11.9. The van der Waals surface area contributed by atoms with Gasteiger partial charge in [-0.05, 0) is 13.8 Å². The van der Waals surface area contributed by atoms with Gasteiger partial charge in [0.1, 0.15) is 11.8 Å². The van der Waals surface area contributed by atoms with Crippen molar-refractivity contribution in [3.05, 3.63) is 35.0 Å². The summed E-state index contributed by atoms with van der Waals surface area (Å²) in [6.07, 6.45) is 3.41. The van der Waals surface area contributed by atoms with Crippen LogP contribution in [0.3, 0.4) is 0 Å². The van der Waals surface area contributed by atoms with Crippen LogP contribution in [-0.2, 0) is 6.54 Å². The molecule has 0 atom stereocenters. The van der Waals surface area contributed by atoms with Gasteiger partial charge >= 0.3 is 0 Å². The van der Waals surface area contributed by atoms with Crippen LogP contribution in [0, 0.1) is 25.2 Å². The highest BCUT2D eigenvalue weighted by atomic mass is 16.5. The van der Waals surface area contributed by atoms with Crippen LogP contribution in [0.25, 0.3) is 0 Å². The van der Waals surface area contributed by atoms with Gasteiger partial charge in [-0.25, -0.2) is 0 Å². The lowest BCUT2D eigenvalue weighted by Crippen LogP contribution is -2.47. The summed E-state index contributed by atoms with van der Waals surface area (Å²) in [6, 6.07) is 2.46. The molecule has 3 heterocycles. The van der Waals surface area contributed by atoms with E-state index in [9.17, 15) is 0 Å². The molecule has 19 heavy (non-hydrogen) atoms. The van der Waals surface area contributed by atoms with E-state index >= 15 is 0 Å². The van der Waals surface area contributed by atoms with Crippen molar-refractivity contribution in [1.82, 2.24) is 19.8 Å². The number of likely N-dealkylation sites (tertiary alicyclic amines) is 1. The standard InChI is InChI=1S/C13H15N5O/c1-9-13(10(2)19-16-9)8-17-6-12(7-17)18-5-11(3-14)4-15-18/h4-5,12H,6-8H2,1-2H3. The molecule has 1 saturated heterocycles. The molecule has 2 aromatic heterocycles. The molecule has 0 N–H and O–H groups in total. The molecule has 0 amide bonds. The second-order valence-electron chi connectivity index (χ2n) is 4.97. The third-order valence-electron chi connectivity index (χ3n) is 3.61. The lowest BCUT2D eigenvalue weighted by Gasteiger charge is -2.39. The van der Waals surface area contributed by atoms with Gasteiger partial charge in [0.15, 0.2) is 0 Å². The fourth-order valence-electron chi connectivity index (χ4n) is 2.39. The molecule has 2 aromatic rings. The first-order valence-corrected chi connectivity index (χ1v) is 6.25. The zero-order valence-electron chi connectivity index (χ0n) is 11.0. The summed E-state index contributed by atoms with van der Waals surface area (Å²) in [5.41, 5.74) is 2.76. The van der Waals surface area contributed by atoms with Crippen LogP contribution < -0.4 is 0 Å². The smallest absolute Gasteiger partial charge is 0.138 e. The maximum Gasteiger partial charge on any atom is 0.138 e. The molecule has 6 heteroatoms. The van der Waals surface area contributed by atoms with Gasteiger partial charge in [-0.1, -0.05) is 5.16 Å². The molecule has 0 bridgehead atoms. The van der Waals surface area contributed by atoms with Crippen LogP contribution in [-0.4, -0.2) is 32.9 Å². The van der Waals surface area contributed by atoms with Gasteiger partial charge in [-0.3, -0.25) is 9.58 Å². The molecule has 0 unspecified atom stereocenters. The quantitative estimate of drug-likeness (QED) is 0.831. The Morgan fingerprint density at radius 1 is 1.47 bits per heavy atom. The minimum atomic E-state index is 0.363. The van der Waals surface area contributed by atoms with Crippen molar-refractivity contribution in [2.45, 2.75) is 26.4 Å². The zero-order valence-corrected chi connectivity index (χ0v) is 11.0. The Bertz CT molecular complexity index is 610. The van der Waals surface area contributed by atoms with Crippen molar-refractivity contribution in [3.8, 4) is 6.07 Å². The van der Waals surface area contributed by atoms with Gasteiger partial charge in [-0.15, -0.1) is 0 Å². The maximum atomic E-state index is 8.78. The third-order valence-corrected chi connectivity index (χ3v) is 3.61. The van der Waals surface area contributed by atoms with Crippen molar-refractivity contribution in [2.75, 3.05) is 13.1 Å². The highest BCUT2D eigenvalue weighted by molar-refractivity contribution is 5.23. The number of rotatable bonds is 3. The van der Waals surface area contributed by atoms with Gasteiger partial charge in [0, 0.05) is 31.4 Å². The first-order chi connectivity index (χ1) is 9.17. The van der Waals surface area contributed by atoms with Gasteiger partial charge in [0.25, 0.3) is 0 Å². The summed E-state index contributed by atoms with van der Waals surface area (Å²) < 4.78 is 7.04. The van der Waals surface area contributed by atoms with E-state index in [-0.39, 0.29) is 0 Å². The highest BCUT2D eigenvalue weighted by Gasteiger charge is 2.30. The van der Waals surface area contributed by atoms with E-state index in [0.717, 1.165) is 31.1 Å². The molecule has 0 spiro atoms. The van der Waals surface area contributed by atoms with Crippen molar-refractivity contribution >= 4 is 0 Å². The molecule has 98 valence electrons. The van der Waals surface area contributed by atoms with Crippen LogP contribution >= 0.6 is 0 Å². The predicted octanol–water partition coefficient (Wildman–Crippen LogP) is 1.42. The number of hydrogen-bond donors (Lipinski definition) is 0. The molecular formula is C13H15N5O. The summed E-state index contributed by atoms with van der Waals surface area (Å²) in [7, 11) is 0. The summed E-state index contributed by atoms with van der Waals surface area (Å²) >= 11 is 0. The molecule has 1 aliphatic heterocycles. The summed E-state index contributed by atoms with van der Waals surface area (Å²) in [4.78, 5) is 2.32. The molecular weight excluding hydrogens is 242 g/mol. The van der Waals surface area contributed by atoms with E-state index < -0.39 is 0 Å². The Labute approximate surface area is 111 Å². The lowest BCUT2D eigenvalue weighted by molar-refractivity contribution is 0.0902. The molecule has 1 aliphatic rings. The van der Waals surface area contributed by atoms with Crippen molar-refractivity contribution < 1.29 is 4.52 Å². The fourth-order valence-corrected chi connectivity index (χ4v) is 2.39. The Kier molecular flexibility index (Phi) is 2.84.